The molecule has 3 aromatic rings. The molecular weight excluding hydrogens is 565 g/mol. The molecule has 8 nitrogen and oxygen atoms in total. The van der Waals surface area contributed by atoms with Gasteiger partial charge in [-0.05, 0) is 77.1 Å². The maximum absolute atomic E-state index is 15.3. The molecule has 218 valence electrons. The molecule has 0 radical (unpaired) electrons. The second-order valence-corrected chi connectivity index (χ2v) is 14.0. The molecule has 6 rings (SSSR count). The van der Waals surface area contributed by atoms with Gasteiger partial charge in [0.2, 0.25) is 10.0 Å². The predicted molar refractivity (Wildman–Crippen MR) is 157 cm³/mol. The second kappa shape index (κ2) is 11.4. The number of rotatable bonds is 8. The monoisotopic (exact) mass is 599 g/mol. The number of nitrogens with zero attached hydrogens (tertiary/aromatic N) is 3. The van der Waals surface area contributed by atoms with Crippen molar-refractivity contribution in [3.63, 3.8) is 0 Å². The number of sulfonamides is 1. The molecule has 0 spiro atoms. The van der Waals surface area contributed by atoms with Gasteiger partial charge in [0.25, 0.3) is 0 Å². The fourth-order valence-electron chi connectivity index (χ4n) is 5.93. The lowest BCUT2D eigenvalue weighted by Crippen LogP contribution is -2.38. The van der Waals surface area contributed by atoms with Gasteiger partial charge in [0.15, 0.2) is 5.06 Å². The van der Waals surface area contributed by atoms with Crippen LogP contribution in [-0.4, -0.2) is 64.8 Å². The Morgan fingerprint density at radius 1 is 1.10 bits per heavy atom. The van der Waals surface area contributed by atoms with Gasteiger partial charge in [-0.1, -0.05) is 26.0 Å². The molecule has 1 amide bonds. The number of thiophene rings is 1. The summed E-state index contributed by atoms with van der Waals surface area (Å²) in [5.74, 6) is 0.284. The first-order chi connectivity index (χ1) is 19.7. The molecule has 1 aliphatic carbocycles. The molecule has 3 heterocycles. The molecule has 1 saturated carbocycles. The van der Waals surface area contributed by atoms with Crippen molar-refractivity contribution in [1.29, 1.82) is 0 Å². The van der Waals surface area contributed by atoms with E-state index < -0.39 is 21.9 Å². The van der Waals surface area contributed by atoms with E-state index in [0.717, 1.165) is 5.56 Å². The Hall–Kier alpha value is -2.99. The molecule has 0 N–H and O–H groups in total. The number of fused-ring (bicyclic) bond motifs is 1. The van der Waals surface area contributed by atoms with E-state index in [9.17, 15) is 13.2 Å². The number of ether oxygens (including phenoxy) is 2. The van der Waals surface area contributed by atoms with Crippen LogP contribution in [0.4, 0.5) is 20.6 Å². The van der Waals surface area contributed by atoms with E-state index in [1.807, 2.05) is 22.4 Å². The number of carbonyl (C=O) groups is 1. The summed E-state index contributed by atoms with van der Waals surface area (Å²) in [4.78, 5) is 17.1. The van der Waals surface area contributed by atoms with Gasteiger partial charge in [0.1, 0.15) is 5.82 Å². The van der Waals surface area contributed by atoms with E-state index in [2.05, 4.69) is 13.8 Å². The highest BCUT2D eigenvalue weighted by Gasteiger charge is 2.58. The standard InChI is InChI=1S/C30H34FN3O5S2/c1-20(2)21-5-8-23(9-6-21)41(36,37)33-17-24-25(18-33)26(24)19-34(30(35)39-29-4-3-15-40-29)22-7-10-28(27(31)16-22)32-11-13-38-14-12-32/h3-10,15-16,20,24-26H,11-14,17-19H2,1-2H3. The zero-order valence-corrected chi connectivity index (χ0v) is 24.7. The molecule has 2 aromatic carbocycles. The zero-order valence-electron chi connectivity index (χ0n) is 23.1. The van der Waals surface area contributed by atoms with Gasteiger partial charge in [-0.15, -0.1) is 11.3 Å². The lowest BCUT2D eigenvalue weighted by atomic mass is 10.0. The van der Waals surface area contributed by atoms with E-state index in [1.54, 1.807) is 40.7 Å². The lowest BCUT2D eigenvalue weighted by molar-refractivity contribution is 0.122. The lowest BCUT2D eigenvalue weighted by Gasteiger charge is -2.30. The van der Waals surface area contributed by atoms with Gasteiger partial charge in [-0.3, -0.25) is 4.90 Å². The highest BCUT2D eigenvalue weighted by molar-refractivity contribution is 7.89. The maximum Gasteiger partial charge on any atom is 0.420 e. The molecule has 1 aromatic heterocycles. The summed E-state index contributed by atoms with van der Waals surface area (Å²) >= 11 is 1.31. The highest BCUT2D eigenvalue weighted by atomic mass is 32.2. The van der Waals surface area contributed by atoms with Crippen LogP contribution in [0, 0.1) is 23.6 Å². The summed E-state index contributed by atoms with van der Waals surface area (Å²) in [7, 11) is -3.59. The molecule has 3 fully saturated rings. The maximum atomic E-state index is 15.3. The number of amides is 1. The summed E-state index contributed by atoms with van der Waals surface area (Å²) < 4.78 is 54.5. The van der Waals surface area contributed by atoms with Crippen LogP contribution in [0.1, 0.15) is 25.3 Å². The molecule has 2 aliphatic heterocycles. The zero-order chi connectivity index (χ0) is 28.7. The van der Waals surface area contributed by atoms with Crippen molar-refractivity contribution >= 4 is 38.8 Å². The summed E-state index contributed by atoms with van der Waals surface area (Å²) in [5.41, 5.74) is 1.99. The normalized spacial score (nSPS) is 22.5. The van der Waals surface area contributed by atoms with Gasteiger partial charge in [0.05, 0.1) is 29.5 Å². The van der Waals surface area contributed by atoms with Crippen LogP contribution >= 0.6 is 11.3 Å². The number of hydrogen-bond acceptors (Lipinski definition) is 7. The van der Waals surface area contributed by atoms with Crippen molar-refractivity contribution < 1.29 is 27.1 Å². The van der Waals surface area contributed by atoms with Gasteiger partial charge in [0, 0.05) is 32.7 Å². The van der Waals surface area contributed by atoms with Gasteiger partial charge in [-0.25, -0.2) is 17.6 Å². The minimum absolute atomic E-state index is 0.0997. The summed E-state index contributed by atoms with van der Waals surface area (Å²) in [6.45, 7) is 7.58. The van der Waals surface area contributed by atoms with Crippen molar-refractivity contribution in [2.45, 2.75) is 24.7 Å². The molecule has 2 saturated heterocycles. The average molecular weight is 600 g/mol. The van der Waals surface area contributed by atoms with E-state index in [4.69, 9.17) is 9.47 Å². The van der Waals surface area contributed by atoms with Crippen LogP contribution in [0.5, 0.6) is 5.06 Å². The second-order valence-electron chi connectivity index (χ2n) is 11.2. The minimum Gasteiger partial charge on any atom is -0.399 e. The van der Waals surface area contributed by atoms with Crippen LogP contribution in [0.3, 0.4) is 0 Å². The van der Waals surface area contributed by atoms with Gasteiger partial charge < -0.3 is 14.4 Å². The first-order valence-electron chi connectivity index (χ1n) is 14.0. The van der Waals surface area contributed by atoms with Crippen molar-refractivity contribution in [2.24, 2.45) is 17.8 Å². The third-order valence-electron chi connectivity index (χ3n) is 8.41. The number of piperidine rings is 1. The molecule has 2 unspecified atom stereocenters. The molecule has 2 atom stereocenters. The quantitative estimate of drug-likeness (QED) is 0.344. The molecule has 11 heteroatoms. The highest BCUT2D eigenvalue weighted by Crippen LogP contribution is 2.53. The Balaban J connectivity index is 1.16. The van der Waals surface area contributed by atoms with Crippen molar-refractivity contribution in [3.8, 4) is 5.06 Å². The van der Waals surface area contributed by atoms with E-state index in [-0.39, 0.29) is 17.8 Å². The fraction of sp³-hybridized carbons (Fsp3) is 0.433. The Morgan fingerprint density at radius 2 is 1.80 bits per heavy atom. The van der Waals surface area contributed by atoms with Crippen molar-refractivity contribution in [2.75, 3.05) is 55.7 Å². The number of hydrogen-bond donors (Lipinski definition) is 0. The Bertz CT molecular complexity index is 1480. The summed E-state index contributed by atoms with van der Waals surface area (Å²) in [6, 6.07) is 15.5. The number of halogens is 1. The third kappa shape index (κ3) is 5.73. The molecular formula is C30H34FN3O5S2. The topological polar surface area (TPSA) is 79.4 Å². The number of morpholine rings is 1. The third-order valence-corrected chi connectivity index (χ3v) is 11.0. The smallest absolute Gasteiger partial charge is 0.399 e. The molecule has 3 aliphatic rings. The van der Waals surface area contributed by atoms with Gasteiger partial charge in [-0.2, -0.15) is 4.31 Å². The number of carbonyl (C=O) groups excluding carboxylic acids is 1. The van der Waals surface area contributed by atoms with E-state index in [0.29, 0.717) is 73.2 Å². The molecule has 41 heavy (non-hydrogen) atoms. The Labute approximate surface area is 244 Å². The van der Waals surface area contributed by atoms with E-state index >= 15 is 4.39 Å². The van der Waals surface area contributed by atoms with Crippen molar-refractivity contribution in [3.05, 3.63) is 71.4 Å². The van der Waals surface area contributed by atoms with Crippen LogP contribution in [0.15, 0.2) is 64.9 Å². The molecule has 0 bridgehead atoms. The SMILES string of the molecule is CC(C)c1ccc(S(=O)(=O)N2CC3C(CN(C(=O)Oc4cccs4)c4ccc(N5CCOCC5)c(F)c4)C3C2)cc1. The van der Waals surface area contributed by atoms with Crippen LogP contribution in [-0.2, 0) is 14.8 Å². The van der Waals surface area contributed by atoms with E-state index in [1.165, 1.54) is 22.3 Å². The number of benzene rings is 2. The minimum atomic E-state index is -3.59. The van der Waals surface area contributed by atoms with Crippen molar-refractivity contribution in [1.82, 2.24) is 4.31 Å². The number of anilines is 2. The average Bonchev–Trinajstić information content (AvgIpc) is 3.32. The van der Waals surface area contributed by atoms with Crippen LogP contribution < -0.4 is 14.5 Å². The Morgan fingerprint density at radius 3 is 2.41 bits per heavy atom. The van der Waals surface area contributed by atoms with Gasteiger partial charge >= 0.3 is 6.09 Å². The largest absolute Gasteiger partial charge is 0.420 e. The van der Waals surface area contributed by atoms with Crippen LogP contribution in [0.2, 0.25) is 0 Å². The first-order valence-corrected chi connectivity index (χ1v) is 16.3. The summed E-state index contributed by atoms with van der Waals surface area (Å²) in [5, 5.41) is 2.28. The van der Waals surface area contributed by atoms with Crippen LogP contribution in [0.25, 0.3) is 0 Å². The summed E-state index contributed by atoms with van der Waals surface area (Å²) in [6.07, 6.45) is -0.578. The fourth-order valence-corrected chi connectivity index (χ4v) is 8.02. The predicted octanol–water partition coefficient (Wildman–Crippen LogP) is 5.42. The Kier molecular flexibility index (Phi) is 7.80. The first kappa shape index (κ1) is 28.1.